The molecule has 0 saturated heterocycles. The first kappa shape index (κ1) is 29.6. The summed E-state index contributed by atoms with van der Waals surface area (Å²) in [6, 6.07) is 11.4. The van der Waals surface area contributed by atoms with E-state index in [1.165, 1.54) is 9.21 Å². The summed E-state index contributed by atoms with van der Waals surface area (Å²) in [5, 5.41) is 3.43. The van der Waals surface area contributed by atoms with Gasteiger partial charge in [-0.2, -0.15) is 0 Å². The molecule has 0 aromatic heterocycles. The van der Waals surface area contributed by atoms with Crippen LogP contribution in [0.2, 0.25) is 5.02 Å². The van der Waals surface area contributed by atoms with E-state index in [0.29, 0.717) is 42.0 Å². The number of amides is 2. The summed E-state index contributed by atoms with van der Waals surface area (Å²) in [5.74, 6) is 0.558. The third-order valence-corrected chi connectivity index (χ3v) is 7.63. The lowest BCUT2D eigenvalue weighted by atomic mass is 10.1. The Morgan fingerprint density at radius 3 is 2.50 bits per heavy atom. The fraction of sp³-hybridized carbons (Fsp3) is 0.481. The Bertz CT molecular complexity index is 1220. The molecular formula is C27H36ClN3O6S. The molecule has 2 aromatic carbocycles. The van der Waals surface area contributed by atoms with Crippen molar-refractivity contribution in [1.29, 1.82) is 0 Å². The molecule has 0 saturated carbocycles. The van der Waals surface area contributed by atoms with Crippen molar-refractivity contribution in [3.8, 4) is 11.5 Å². The zero-order chi connectivity index (χ0) is 27.7. The first-order valence-electron chi connectivity index (χ1n) is 12.8. The monoisotopic (exact) mass is 565 g/mol. The molecule has 11 heteroatoms. The highest BCUT2D eigenvalue weighted by molar-refractivity contribution is 7.92. The summed E-state index contributed by atoms with van der Waals surface area (Å²) >= 11 is 6.14. The van der Waals surface area contributed by atoms with E-state index in [4.69, 9.17) is 21.1 Å². The Morgan fingerprint density at radius 2 is 1.82 bits per heavy atom. The van der Waals surface area contributed by atoms with Gasteiger partial charge >= 0.3 is 0 Å². The second-order valence-electron chi connectivity index (χ2n) is 9.24. The highest BCUT2D eigenvalue weighted by atomic mass is 35.5. The number of carbonyl (C=O) groups excluding carboxylic acids is 2. The van der Waals surface area contributed by atoms with E-state index in [9.17, 15) is 18.0 Å². The molecule has 1 atom stereocenters. The van der Waals surface area contributed by atoms with Crippen molar-refractivity contribution in [3.63, 3.8) is 0 Å². The van der Waals surface area contributed by atoms with Gasteiger partial charge in [0.05, 0.1) is 11.9 Å². The number of benzene rings is 2. The predicted molar refractivity (Wildman–Crippen MR) is 148 cm³/mol. The molecule has 0 unspecified atom stereocenters. The van der Waals surface area contributed by atoms with Gasteiger partial charge in [0.1, 0.15) is 19.3 Å². The smallest absolute Gasteiger partial charge is 0.242 e. The summed E-state index contributed by atoms with van der Waals surface area (Å²) in [4.78, 5) is 27.7. The van der Waals surface area contributed by atoms with E-state index in [-0.39, 0.29) is 37.7 Å². The van der Waals surface area contributed by atoms with Crippen LogP contribution in [0.4, 0.5) is 5.69 Å². The molecule has 208 valence electrons. The summed E-state index contributed by atoms with van der Waals surface area (Å²) in [5.41, 5.74) is 1.23. The fourth-order valence-electron chi connectivity index (χ4n) is 4.14. The topological polar surface area (TPSA) is 105 Å². The molecule has 9 nitrogen and oxygen atoms in total. The second kappa shape index (κ2) is 13.7. The number of nitrogens with one attached hydrogen (secondary N) is 1. The molecule has 1 N–H and O–H groups in total. The minimum atomic E-state index is -3.63. The minimum Gasteiger partial charge on any atom is -0.486 e. The van der Waals surface area contributed by atoms with E-state index >= 15 is 0 Å². The van der Waals surface area contributed by atoms with Gasteiger partial charge in [-0.15, -0.1) is 0 Å². The molecule has 2 aromatic rings. The van der Waals surface area contributed by atoms with E-state index in [1.54, 1.807) is 43.3 Å². The first-order valence-corrected chi connectivity index (χ1v) is 15.0. The van der Waals surface area contributed by atoms with Crippen LogP contribution in [-0.4, -0.2) is 63.7 Å². The van der Waals surface area contributed by atoms with E-state index < -0.39 is 16.1 Å². The van der Waals surface area contributed by atoms with Crippen LogP contribution in [0.1, 0.15) is 45.1 Å². The van der Waals surface area contributed by atoms with Gasteiger partial charge in [0, 0.05) is 37.1 Å². The number of ether oxygens (including phenoxy) is 2. The normalized spacial score (nSPS) is 13.5. The van der Waals surface area contributed by atoms with E-state index in [2.05, 4.69) is 5.32 Å². The van der Waals surface area contributed by atoms with Crippen molar-refractivity contribution in [3.05, 3.63) is 53.1 Å². The van der Waals surface area contributed by atoms with Crippen molar-refractivity contribution in [2.75, 3.05) is 36.9 Å². The number of fused-ring (bicyclic) bond motifs is 1. The Balaban J connectivity index is 1.72. The molecule has 1 aliphatic heterocycles. The fourth-order valence-corrected chi connectivity index (χ4v) is 5.31. The molecule has 1 aliphatic rings. The number of hydrogen-bond acceptors (Lipinski definition) is 6. The van der Waals surface area contributed by atoms with Crippen molar-refractivity contribution in [2.45, 2.75) is 52.1 Å². The average molecular weight is 566 g/mol. The van der Waals surface area contributed by atoms with Crippen molar-refractivity contribution >= 4 is 39.1 Å². The zero-order valence-electron chi connectivity index (χ0n) is 22.1. The first-order chi connectivity index (χ1) is 18.1. The van der Waals surface area contributed by atoms with Gasteiger partial charge in [0.25, 0.3) is 0 Å². The van der Waals surface area contributed by atoms with Crippen LogP contribution >= 0.6 is 11.6 Å². The lowest BCUT2D eigenvalue weighted by Gasteiger charge is -2.29. The standard InChI is InChI=1S/C27H36ClN3O6S/c1-4-5-13-29-27(33)20(2)30(19-21-8-6-9-22(28)17-21)26(32)10-7-14-31(38(3,34)35)23-11-12-24-25(18-23)37-16-15-36-24/h6,8-9,11-12,17-18,20H,4-5,7,10,13-16,19H2,1-3H3,(H,29,33)/t20-/m1/s1. The van der Waals surface area contributed by atoms with Gasteiger partial charge in [-0.1, -0.05) is 37.1 Å². The predicted octanol–water partition coefficient (Wildman–Crippen LogP) is 3.99. The Kier molecular flexibility index (Phi) is 10.7. The van der Waals surface area contributed by atoms with Crippen molar-refractivity contribution in [1.82, 2.24) is 10.2 Å². The maximum atomic E-state index is 13.4. The lowest BCUT2D eigenvalue weighted by molar-refractivity contribution is -0.140. The quantitative estimate of drug-likeness (QED) is 0.368. The summed E-state index contributed by atoms with van der Waals surface area (Å²) in [6.45, 7) is 5.39. The molecule has 0 radical (unpaired) electrons. The van der Waals surface area contributed by atoms with Crippen LogP contribution in [0, 0.1) is 0 Å². The molecule has 0 fully saturated rings. The van der Waals surface area contributed by atoms with Crippen LogP contribution < -0.4 is 19.1 Å². The van der Waals surface area contributed by atoms with Gasteiger partial charge in [-0.05, 0) is 49.6 Å². The van der Waals surface area contributed by atoms with Crippen molar-refractivity contribution < 1.29 is 27.5 Å². The number of sulfonamides is 1. The molecule has 0 spiro atoms. The molecule has 1 heterocycles. The largest absolute Gasteiger partial charge is 0.486 e. The lowest BCUT2D eigenvalue weighted by Crippen LogP contribution is -2.48. The minimum absolute atomic E-state index is 0.0592. The van der Waals surface area contributed by atoms with Gasteiger partial charge in [-0.25, -0.2) is 8.42 Å². The summed E-state index contributed by atoms with van der Waals surface area (Å²) in [6.07, 6.45) is 3.24. The summed E-state index contributed by atoms with van der Waals surface area (Å²) in [7, 11) is -3.63. The third-order valence-electron chi connectivity index (χ3n) is 6.20. The van der Waals surface area contributed by atoms with Gasteiger partial charge in [0.2, 0.25) is 21.8 Å². The average Bonchev–Trinajstić information content (AvgIpc) is 2.88. The summed E-state index contributed by atoms with van der Waals surface area (Å²) < 4.78 is 37.6. The number of rotatable bonds is 13. The number of halogens is 1. The third kappa shape index (κ3) is 8.26. The molecule has 38 heavy (non-hydrogen) atoms. The second-order valence-corrected chi connectivity index (χ2v) is 11.6. The van der Waals surface area contributed by atoms with E-state index in [0.717, 1.165) is 24.7 Å². The van der Waals surface area contributed by atoms with Crippen LogP contribution in [0.5, 0.6) is 11.5 Å². The SMILES string of the molecule is CCCCNC(=O)[C@@H](C)N(Cc1cccc(Cl)c1)C(=O)CCCN(c1ccc2c(c1)OCCO2)S(C)(=O)=O. The maximum Gasteiger partial charge on any atom is 0.242 e. The highest BCUT2D eigenvalue weighted by Crippen LogP contribution is 2.34. The molecule has 0 bridgehead atoms. The number of anilines is 1. The molecular weight excluding hydrogens is 530 g/mol. The van der Waals surface area contributed by atoms with Crippen LogP contribution in [-0.2, 0) is 26.2 Å². The Hall–Kier alpha value is -2.98. The maximum absolute atomic E-state index is 13.4. The molecule has 2 amide bonds. The Labute approximate surface area is 230 Å². The number of hydrogen-bond donors (Lipinski definition) is 1. The highest BCUT2D eigenvalue weighted by Gasteiger charge is 2.27. The van der Waals surface area contributed by atoms with Gasteiger partial charge in [0.15, 0.2) is 11.5 Å². The molecule has 0 aliphatic carbocycles. The zero-order valence-corrected chi connectivity index (χ0v) is 23.7. The van der Waals surface area contributed by atoms with Gasteiger partial charge < -0.3 is 19.7 Å². The van der Waals surface area contributed by atoms with Crippen LogP contribution in [0.3, 0.4) is 0 Å². The Morgan fingerprint density at radius 1 is 1.08 bits per heavy atom. The number of nitrogens with zero attached hydrogens (tertiary/aromatic N) is 2. The van der Waals surface area contributed by atoms with Gasteiger partial charge in [-0.3, -0.25) is 13.9 Å². The van der Waals surface area contributed by atoms with Crippen molar-refractivity contribution in [2.24, 2.45) is 0 Å². The van der Waals surface area contributed by atoms with Crippen LogP contribution in [0.25, 0.3) is 0 Å². The van der Waals surface area contributed by atoms with E-state index in [1.807, 2.05) is 13.0 Å². The number of unbranched alkanes of at least 4 members (excludes halogenated alkanes) is 1. The van der Waals surface area contributed by atoms with Crippen LogP contribution in [0.15, 0.2) is 42.5 Å². The number of carbonyl (C=O) groups is 2. The molecule has 3 rings (SSSR count).